The molecular formula is C18H14F4N2O4S. The number of carbonyl (C=O) groups is 1. The largest absolute Gasteiger partial charge is 0.491 e. The molecule has 11 heteroatoms. The Labute approximate surface area is 162 Å². The van der Waals surface area contributed by atoms with Gasteiger partial charge in [0.25, 0.3) is 10.0 Å². The van der Waals surface area contributed by atoms with Crippen LogP contribution in [-0.2, 0) is 21.4 Å². The molecule has 1 heterocycles. The van der Waals surface area contributed by atoms with Gasteiger partial charge in [-0.2, -0.15) is 13.2 Å². The van der Waals surface area contributed by atoms with E-state index in [0.717, 1.165) is 10.2 Å². The first-order chi connectivity index (χ1) is 13.6. The molecule has 0 spiro atoms. The van der Waals surface area contributed by atoms with Crippen molar-refractivity contribution in [2.45, 2.75) is 17.6 Å². The van der Waals surface area contributed by atoms with Crippen LogP contribution >= 0.6 is 0 Å². The van der Waals surface area contributed by atoms with Gasteiger partial charge < -0.3 is 10.1 Å². The highest BCUT2D eigenvalue weighted by molar-refractivity contribution is 7.90. The fraction of sp³-hybridized carbons (Fsp3) is 0.167. The number of carbonyl (C=O) groups excluding carboxylic acids is 1. The summed E-state index contributed by atoms with van der Waals surface area (Å²) in [6.45, 7) is -0.176. The SMILES string of the molecule is CNCc1c(OC(=O)C(F)(F)F)c(F)cc2c1ccn2S(=O)(=O)c1ccccc1. The highest BCUT2D eigenvalue weighted by Crippen LogP contribution is 2.35. The summed E-state index contributed by atoms with van der Waals surface area (Å²) in [5.74, 6) is -4.79. The molecule has 2 aromatic carbocycles. The highest BCUT2D eigenvalue weighted by atomic mass is 32.2. The molecule has 0 saturated heterocycles. The second kappa shape index (κ2) is 7.48. The number of hydrogen-bond donors (Lipinski definition) is 1. The van der Waals surface area contributed by atoms with Crippen LogP contribution in [0.4, 0.5) is 17.6 Å². The average Bonchev–Trinajstić information content (AvgIpc) is 3.08. The lowest BCUT2D eigenvalue weighted by atomic mass is 10.1. The van der Waals surface area contributed by atoms with Crippen molar-refractivity contribution in [1.29, 1.82) is 0 Å². The Morgan fingerprint density at radius 3 is 2.41 bits per heavy atom. The van der Waals surface area contributed by atoms with Gasteiger partial charge in [0.05, 0.1) is 10.4 Å². The second-order valence-corrected chi connectivity index (χ2v) is 7.76. The molecule has 0 fully saturated rings. The summed E-state index contributed by atoms with van der Waals surface area (Å²) in [5, 5.41) is 2.75. The average molecular weight is 430 g/mol. The van der Waals surface area contributed by atoms with E-state index in [-0.39, 0.29) is 27.9 Å². The number of rotatable bonds is 5. The van der Waals surface area contributed by atoms with Crippen LogP contribution in [0, 0.1) is 5.82 Å². The molecule has 0 atom stereocenters. The lowest BCUT2D eigenvalue weighted by Gasteiger charge is -2.14. The summed E-state index contributed by atoms with van der Waals surface area (Å²) < 4.78 is 83.1. The molecule has 0 aliphatic rings. The molecule has 1 N–H and O–H groups in total. The molecule has 29 heavy (non-hydrogen) atoms. The summed E-state index contributed by atoms with van der Waals surface area (Å²) in [6.07, 6.45) is -4.16. The van der Waals surface area contributed by atoms with Crippen LogP contribution in [0.5, 0.6) is 5.75 Å². The Morgan fingerprint density at radius 1 is 1.17 bits per heavy atom. The monoisotopic (exact) mass is 430 g/mol. The summed E-state index contributed by atoms with van der Waals surface area (Å²) in [6, 6.07) is 9.37. The molecule has 0 amide bonds. The van der Waals surface area contributed by atoms with Crippen molar-refractivity contribution in [2.75, 3.05) is 7.05 Å². The van der Waals surface area contributed by atoms with E-state index in [2.05, 4.69) is 10.1 Å². The van der Waals surface area contributed by atoms with Gasteiger partial charge in [-0.05, 0) is 25.2 Å². The van der Waals surface area contributed by atoms with Gasteiger partial charge in [-0.1, -0.05) is 18.2 Å². The smallest absolute Gasteiger partial charge is 0.416 e. The van der Waals surface area contributed by atoms with E-state index in [0.29, 0.717) is 6.07 Å². The molecule has 0 radical (unpaired) electrons. The van der Waals surface area contributed by atoms with Crippen molar-refractivity contribution >= 4 is 26.9 Å². The normalized spacial score (nSPS) is 12.3. The highest BCUT2D eigenvalue weighted by Gasteiger charge is 2.42. The van der Waals surface area contributed by atoms with Crippen LogP contribution in [-0.4, -0.2) is 31.6 Å². The number of aromatic nitrogens is 1. The van der Waals surface area contributed by atoms with Gasteiger partial charge in [-0.25, -0.2) is 21.6 Å². The first kappa shape index (κ1) is 20.8. The number of fused-ring (bicyclic) bond motifs is 1. The minimum Gasteiger partial charge on any atom is -0.416 e. The van der Waals surface area contributed by atoms with Gasteiger partial charge in [-0.3, -0.25) is 0 Å². The first-order valence-electron chi connectivity index (χ1n) is 8.14. The predicted octanol–water partition coefficient (Wildman–Crippen LogP) is 3.20. The van der Waals surface area contributed by atoms with E-state index in [1.54, 1.807) is 6.07 Å². The topological polar surface area (TPSA) is 77.4 Å². The zero-order valence-corrected chi connectivity index (χ0v) is 15.6. The zero-order valence-electron chi connectivity index (χ0n) is 14.8. The van der Waals surface area contributed by atoms with E-state index in [9.17, 15) is 30.8 Å². The maximum atomic E-state index is 14.6. The first-order valence-corrected chi connectivity index (χ1v) is 9.58. The van der Waals surface area contributed by atoms with E-state index < -0.39 is 33.7 Å². The summed E-state index contributed by atoms with van der Waals surface area (Å²) in [4.78, 5) is 11.1. The van der Waals surface area contributed by atoms with Crippen molar-refractivity contribution in [3.8, 4) is 5.75 Å². The van der Waals surface area contributed by atoms with E-state index >= 15 is 0 Å². The van der Waals surface area contributed by atoms with Crippen molar-refractivity contribution in [1.82, 2.24) is 9.29 Å². The number of alkyl halides is 3. The minimum absolute atomic E-state index is 0.0550. The number of halogens is 4. The molecule has 0 aliphatic carbocycles. The van der Waals surface area contributed by atoms with Gasteiger partial charge in [0.1, 0.15) is 0 Å². The number of benzene rings is 2. The van der Waals surface area contributed by atoms with Gasteiger partial charge in [0, 0.05) is 29.8 Å². The maximum absolute atomic E-state index is 14.6. The maximum Gasteiger partial charge on any atom is 0.491 e. The molecular weight excluding hydrogens is 416 g/mol. The predicted molar refractivity (Wildman–Crippen MR) is 95.4 cm³/mol. The molecule has 0 saturated carbocycles. The number of nitrogens with one attached hydrogen (secondary N) is 1. The Balaban J connectivity index is 2.21. The van der Waals surface area contributed by atoms with E-state index in [1.165, 1.54) is 37.4 Å². The number of ether oxygens (including phenoxy) is 1. The van der Waals surface area contributed by atoms with Gasteiger partial charge in [0.15, 0.2) is 11.6 Å². The van der Waals surface area contributed by atoms with E-state index in [4.69, 9.17) is 0 Å². The van der Waals surface area contributed by atoms with Crippen LogP contribution in [0.25, 0.3) is 10.9 Å². The molecule has 1 aromatic heterocycles. The minimum atomic E-state index is -5.32. The lowest BCUT2D eigenvalue weighted by Crippen LogP contribution is -2.29. The molecule has 0 aliphatic heterocycles. The second-order valence-electron chi connectivity index (χ2n) is 5.95. The molecule has 6 nitrogen and oxygen atoms in total. The molecule has 0 bridgehead atoms. The summed E-state index contributed by atoms with van der Waals surface area (Å²) in [7, 11) is -2.64. The molecule has 3 aromatic rings. The van der Waals surface area contributed by atoms with Crippen LogP contribution < -0.4 is 10.1 Å². The Hall–Kier alpha value is -2.92. The third-order valence-electron chi connectivity index (χ3n) is 4.05. The van der Waals surface area contributed by atoms with Crippen molar-refractivity contribution in [3.05, 3.63) is 60.0 Å². The van der Waals surface area contributed by atoms with Crippen LogP contribution in [0.2, 0.25) is 0 Å². The summed E-state index contributed by atoms with van der Waals surface area (Å²) >= 11 is 0. The van der Waals surface area contributed by atoms with Gasteiger partial charge in [-0.15, -0.1) is 0 Å². The Morgan fingerprint density at radius 2 is 1.83 bits per heavy atom. The van der Waals surface area contributed by atoms with E-state index in [1.807, 2.05) is 0 Å². The third kappa shape index (κ3) is 3.83. The lowest BCUT2D eigenvalue weighted by molar-refractivity contribution is -0.189. The Bertz CT molecular complexity index is 1170. The van der Waals surface area contributed by atoms with Crippen molar-refractivity contribution < 1.29 is 35.5 Å². The number of hydrogen-bond acceptors (Lipinski definition) is 5. The summed E-state index contributed by atoms with van der Waals surface area (Å²) in [5.41, 5.74) is -0.231. The Kier molecular flexibility index (Phi) is 5.37. The number of nitrogens with zero attached hydrogens (tertiary/aromatic N) is 1. The molecule has 3 rings (SSSR count). The van der Waals surface area contributed by atoms with Gasteiger partial charge >= 0.3 is 12.1 Å². The number of esters is 1. The molecule has 0 unspecified atom stereocenters. The van der Waals surface area contributed by atoms with Crippen LogP contribution in [0.3, 0.4) is 0 Å². The van der Waals surface area contributed by atoms with Crippen LogP contribution in [0.15, 0.2) is 53.6 Å². The fourth-order valence-corrected chi connectivity index (χ4v) is 4.16. The van der Waals surface area contributed by atoms with Gasteiger partial charge in [0.2, 0.25) is 0 Å². The molecule has 154 valence electrons. The third-order valence-corrected chi connectivity index (χ3v) is 5.75. The quantitative estimate of drug-likeness (QED) is 0.382. The van der Waals surface area contributed by atoms with Crippen molar-refractivity contribution in [3.63, 3.8) is 0 Å². The van der Waals surface area contributed by atoms with Crippen molar-refractivity contribution in [2.24, 2.45) is 0 Å². The zero-order chi connectivity index (χ0) is 21.4. The standard InChI is InChI=1S/C18H14F4N2O4S/c1-23-10-13-12-7-8-24(29(26,27)11-5-3-2-4-6-11)15(12)9-14(19)16(13)28-17(25)18(20,21)22/h2-9,23H,10H2,1H3. The fourth-order valence-electron chi connectivity index (χ4n) is 2.80. The van der Waals surface area contributed by atoms with Crippen LogP contribution in [0.1, 0.15) is 5.56 Å².